The van der Waals surface area contributed by atoms with Crippen LogP contribution in [0.1, 0.15) is 23.2 Å². The first-order chi connectivity index (χ1) is 14.5. The van der Waals surface area contributed by atoms with E-state index in [0.717, 1.165) is 35.7 Å². The Labute approximate surface area is 188 Å². The Kier molecular flexibility index (Phi) is 10.8. The predicted molar refractivity (Wildman–Crippen MR) is 130 cm³/mol. The molecule has 0 aliphatic heterocycles. The smallest absolute Gasteiger partial charge is 0.120 e. The van der Waals surface area contributed by atoms with E-state index in [1.54, 1.807) is 33.7 Å². The molecule has 166 valence electrons. The first-order valence-electron chi connectivity index (χ1n) is 10.1. The number of aromatic hydroxyl groups is 2. The fraction of sp³-hybridized carbons (Fsp3) is 0.455. The van der Waals surface area contributed by atoms with E-state index in [9.17, 15) is 10.2 Å². The first-order valence-corrected chi connectivity index (χ1v) is 12.6. The van der Waals surface area contributed by atoms with Gasteiger partial charge in [-0.05, 0) is 26.2 Å². The Morgan fingerprint density at radius 3 is 1.43 bits per heavy atom. The van der Waals surface area contributed by atoms with Gasteiger partial charge in [0.25, 0.3) is 0 Å². The van der Waals surface area contributed by atoms with Crippen molar-refractivity contribution in [2.24, 2.45) is 11.5 Å². The van der Waals surface area contributed by atoms with Crippen molar-refractivity contribution in [3.05, 3.63) is 59.7 Å². The zero-order valence-corrected chi connectivity index (χ0v) is 19.4. The van der Waals surface area contributed by atoms with Crippen molar-refractivity contribution < 1.29 is 10.2 Å². The molecule has 2 rings (SSSR count). The van der Waals surface area contributed by atoms with Crippen molar-refractivity contribution in [3.8, 4) is 11.5 Å². The highest BCUT2D eigenvalue weighted by Gasteiger charge is 2.22. The van der Waals surface area contributed by atoms with Gasteiger partial charge in [0, 0.05) is 60.9 Å². The van der Waals surface area contributed by atoms with Crippen LogP contribution in [-0.4, -0.2) is 71.8 Å². The van der Waals surface area contributed by atoms with Gasteiger partial charge in [-0.25, -0.2) is 0 Å². The van der Waals surface area contributed by atoms with Gasteiger partial charge < -0.3 is 21.7 Å². The molecule has 0 saturated heterocycles. The Balaban J connectivity index is 2.05. The molecule has 0 saturated carbocycles. The van der Waals surface area contributed by atoms with Crippen molar-refractivity contribution in [2.75, 3.05) is 51.8 Å². The van der Waals surface area contributed by atoms with E-state index >= 15 is 0 Å². The molecule has 2 atom stereocenters. The Bertz CT molecular complexity index is 702. The molecular weight excluding hydrogens is 416 g/mol. The summed E-state index contributed by atoms with van der Waals surface area (Å²) in [5.74, 6) is 2.25. The molecule has 0 heterocycles. The number of phenols is 2. The van der Waals surface area contributed by atoms with Crippen molar-refractivity contribution in [1.29, 1.82) is 0 Å². The summed E-state index contributed by atoms with van der Waals surface area (Å²) >= 11 is 0. The zero-order valence-electron chi connectivity index (χ0n) is 17.8. The Morgan fingerprint density at radius 2 is 1.10 bits per heavy atom. The molecule has 0 aliphatic carbocycles. The number of hydrogen-bond donors (Lipinski definition) is 4. The average Bonchev–Trinajstić information content (AvgIpc) is 2.73. The standard InChI is InChI=1S/C22H34N4O2S2/c1-25(13-11-23)19(17-7-3-5-9-21(17)27)15-29-30-16-20(26(2)14-12-24)18-8-4-6-10-22(18)28/h3-10,19-20,27-28H,11-16,23-24H2,1-2H3/t19-,20+. The van der Waals surface area contributed by atoms with Gasteiger partial charge in [0.1, 0.15) is 11.5 Å². The number of hydrogen-bond acceptors (Lipinski definition) is 8. The van der Waals surface area contributed by atoms with Crippen molar-refractivity contribution in [2.45, 2.75) is 12.1 Å². The molecule has 0 bridgehead atoms. The molecule has 0 aliphatic rings. The van der Waals surface area contributed by atoms with Crippen molar-refractivity contribution >= 4 is 21.6 Å². The van der Waals surface area contributed by atoms with Gasteiger partial charge in [-0.2, -0.15) is 0 Å². The molecule has 6 nitrogen and oxygen atoms in total. The summed E-state index contributed by atoms with van der Waals surface area (Å²) in [6.45, 7) is 2.64. The number of para-hydroxylation sites is 2. The SMILES string of the molecule is CN(CCN)[C@H](CSSC[C@@H](c1ccccc1O)N(C)CCN)c1ccccc1O. The molecule has 0 amide bonds. The molecule has 8 heteroatoms. The van der Waals surface area contributed by atoms with E-state index in [0.29, 0.717) is 24.6 Å². The maximum atomic E-state index is 10.3. The Morgan fingerprint density at radius 1 is 0.733 bits per heavy atom. The van der Waals surface area contributed by atoms with Crippen LogP contribution < -0.4 is 11.5 Å². The maximum absolute atomic E-state index is 10.3. The van der Waals surface area contributed by atoms with E-state index in [2.05, 4.69) is 9.80 Å². The normalized spacial score (nSPS) is 13.7. The van der Waals surface area contributed by atoms with Crippen LogP contribution in [0.25, 0.3) is 0 Å². The number of rotatable bonds is 13. The minimum Gasteiger partial charge on any atom is -0.508 e. The summed E-state index contributed by atoms with van der Waals surface area (Å²) < 4.78 is 0. The second kappa shape index (κ2) is 13.1. The fourth-order valence-corrected chi connectivity index (χ4v) is 6.06. The molecular formula is C22H34N4O2S2. The van der Waals surface area contributed by atoms with E-state index in [-0.39, 0.29) is 12.1 Å². The van der Waals surface area contributed by atoms with Crippen molar-refractivity contribution in [1.82, 2.24) is 9.80 Å². The van der Waals surface area contributed by atoms with Crippen LogP contribution in [0.4, 0.5) is 0 Å². The van der Waals surface area contributed by atoms with E-state index < -0.39 is 0 Å². The number of phenolic OH excluding ortho intramolecular Hbond substituents is 2. The zero-order chi connectivity index (χ0) is 21.9. The average molecular weight is 451 g/mol. The molecule has 2 aromatic carbocycles. The fourth-order valence-electron chi connectivity index (χ4n) is 3.39. The molecule has 2 aromatic rings. The lowest BCUT2D eigenvalue weighted by molar-refractivity contribution is 0.267. The summed E-state index contributed by atoms with van der Waals surface area (Å²) in [5, 5.41) is 20.7. The van der Waals surface area contributed by atoms with E-state index in [1.807, 2.05) is 50.5 Å². The molecule has 30 heavy (non-hydrogen) atoms. The predicted octanol–water partition coefficient (Wildman–Crippen LogP) is 3.04. The third-order valence-electron chi connectivity index (χ3n) is 5.15. The van der Waals surface area contributed by atoms with Crippen LogP contribution in [0.3, 0.4) is 0 Å². The highest BCUT2D eigenvalue weighted by molar-refractivity contribution is 8.76. The largest absolute Gasteiger partial charge is 0.508 e. The molecule has 0 unspecified atom stereocenters. The highest BCUT2D eigenvalue weighted by Crippen LogP contribution is 2.38. The third kappa shape index (κ3) is 7.08. The van der Waals surface area contributed by atoms with Gasteiger partial charge >= 0.3 is 0 Å². The lowest BCUT2D eigenvalue weighted by atomic mass is 10.1. The van der Waals surface area contributed by atoms with Gasteiger partial charge in [0.05, 0.1) is 0 Å². The highest BCUT2D eigenvalue weighted by atomic mass is 33.1. The second-order valence-electron chi connectivity index (χ2n) is 7.26. The third-order valence-corrected chi connectivity index (χ3v) is 7.54. The summed E-state index contributed by atoms with van der Waals surface area (Å²) in [6, 6.07) is 15.1. The first kappa shape index (κ1) is 24.8. The monoisotopic (exact) mass is 450 g/mol. The van der Waals surface area contributed by atoms with Crippen LogP contribution in [0.2, 0.25) is 0 Å². The summed E-state index contributed by atoms with van der Waals surface area (Å²) in [5.41, 5.74) is 13.4. The molecule has 0 radical (unpaired) electrons. The van der Waals surface area contributed by atoms with Crippen LogP contribution in [0.5, 0.6) is 11.5 Å². The Hall–Kier alpha value is -1.42. The van der Waals surface area contributed by atoms with Gasteiger partial charge in [0.15, 0.2) is 0 Å². The second-order valence-corrected chi connectivity index (χ2v) is 9.81. The minimum atomic E-state index is 0.0672. The number of nitrogens with zero attached hydrogens (tertiary/aromatic N) is 2. The van der Waals surface area contributed by atoms with Gasteiger partial charge in [0.2, 0.25) is 0 Å². The molecule has 0 aromatic heterocycles. The quantitative estimate of drug-likeness (QED) is 0.273. The minimum absolute atomic E-state index is 0.0672. The summed E-state index contributed by atoms with van der Waals surface area (Å²) in [4.78, 5) is 4.37. The number of nitrogens with two attached hydrogens (primary N) is 2. The molecule has 0 fully saturated rings. The lowest BCUT2D eigenvalue weighted by Gasteiger charge is -2.30. The summed E-state index contributed by atoms with van der Waals surface area (Å²) in [7, 11) is 7.61. The van der Waals surface area contributed by atoms with Crippen LogP contribution in [0, 0.1) is 0 Å². The van der Waals surface area contributed by atoms with Crippen LogP contribution in [0.15, 0.2) is 48.5 Å². The summed E-state index contributed by atoms with van der Waals surface area (Å²) in [6.07, 6.45) is 0. The van der Waals surface area contributed by atoms with E-state index in [4.69, 9.17) is 11.5 Å². The number of benzene rings is 2. The topological polar surface area (TPSA) is 99.0 Å². The van der Waals surface area contributed by atoms with E-state index in [1.165, 1.54) is 0 Å². The van der Waals surface area contributed by atoms with Gasteiger partial charge in [-0.3, -0.25) is 9.80 Å². The van der Waals surface area contributed by atoms with Gasteiger partial charge in [-0.1, -0.05) is 58.0 Å². The van der Waals surface area contributed by atoms with Crippen molar-refractivity contribution in [3.63, 3.8) is 0 Å². The maximum Gasteiger partial charge on any atom is 0.120 e. The molecule has 6 N–H and O–H groups in total. The molecule has 0 spiro atoms. The van der Waals surface area contributed by atoms with Crippen LogP contribution >= 0.6 is 21.6 Å². The van der Waals surface area contributed by atoms with Crippen LogP contribution in [-0.2, 0) is 0 Å². The number of likely N-dealkylation sites (N-methyl/N-ethyl adjacent to an activating group) is 2. The van der Waals surface area contributed by atoms with Gasteiger partial charge in [-0.15, -0.1) is 0 Å². The lowest BCUT2D eigenvalue weighted by Crippen LogP contribution is -2.32.